The van der Waals surface area contributed by atoms with Crippen molar-refractivity contribution < 1.29 is 14.6 Å². The third kappa shape index (κ3) is 3.97. The molecule has 0 radical (unpaired) electrons. The van der Waals surface area contributed by atoms with Crippen LogP contribution in [0.25, 0.3) is 0 Å². The van der Waals surface area contributed by atoms with Gasteiger partial charge in [0.05, 0.1) is 6.61 Å². The summed E-state index contributed by atoms with van der Waals surface area (Å²) in [6.45, 7) is 4.64. The Hall–Kier alpha value is -1.55. The molecule has 0 aliphatic heterocycles. The normalized spacial score (nSPS) is 16.9. The first kappa shape index (κ1) is 15.8. The van der Waals surface area contributed by atoms with E-state index in [1.54, 1.807) is 6.92 Å². The van der Waals surface area contributed by atoms with Crippen LogP contribution in [-0.2, 0) is 17.6 Å². The predicted molar refractivity (Wildman–Crippen MR) is 82.9 cm³/mol. The molecule has 0 bridgehead atoms. The average molecular weight is 291 g/mol. The van der Waals surface area contributed by atoms with Crippen molar-refractivity contribution in [1.29, 1.82) is 0 Å². The number of fused-ring (bicyclic) bond motifs is 1. The molecule has 4 nitrogen and oxygen atoms in total. The number of carboxylic acids is 1. The van der Waals surface area contributed by atoms with Crippen LogP contribution in [-0.4, -0.2) is 29.8 Å². The Morgan fingerprint density at radius 2 is 2.05 bits per heavy atom. The summed E-state index contributed by atoms with van der Waals surface area (Å²) in [6, 6.07) is 6.25. The minimum Gasteiger partial charge on any atom is -0.493 e. The highest BCUT2D eigenvalue weighted by atomic mass is 16.5. The minimum absolute atomic E-state index is 0.397. The highest BCUT2D eigenvalue weighted by molar-refractivity contribution is 5.78. The molecule has 2 N–H and O–H groups in total. The van der Waals surface area contributed by atoms with Gasteiger partial charge in [0.25, 0.3) is 0 Å². The van der Waals surface area contributed by atoms with Gasteiger partial charge in [-0.2, -0.15) is 0 Å². The van der Waals surface area contributed by atoms with E-state index >= 15 is 0 Å². The van der Waals surface area contributed by atoms with Crippen molar-refractivity contribution in [2.24, 2.45) is 0 Å². The number of ether oxygens (including phenoxy) is 1. The number of aliphatic carboxylic acids is 1. The lowest BCUT2D eigenvalue weighted by Gasteiger charge is -2.25. The van der Waals surface area contributed by atoms with Gasteiger partial charge in [-0.25, -0.2) is 0 Å². The lowest BCUT2D eigenvalue weighted by atomic mass is 9.92. The van der Waals surface area contributed by atoms with E-state index < -0.39 is 11.5 Å². The SMILES string of the molecule is CCNC(C)(CCOc1ccc2c(c1)CCCC2)C(=O)O. The maximum atomic E-state index is 11.3. The molecular weight excluding hydrogens is 266 g/mol. The van der Waals surface area contributed by atoms with Crippen molar-refractivity contribution in [1.82, 2.24) is 5.32 Å². The zero-order valence-corrected chi connectivity index (χ0v) is 12.9. The van der Waals surface area contributed by atoms with Crippen LogP contribution in [0.4, 0.5) is 0 Å². The van der Waals surface area contributed by atoms with Gasteiger partial charge in [0.15, 0.2) is 0 Å². The Bertz CT molecular complexity index is 501. The van der Waals surface area contributed by atoms with E-state index in [4.69, 9.17) is 4.74 Å². The van der Waals surface area contributed by atoms with Crippen LogP contribution in [0.15, 0.2) is 18.2 Å². The molecule has 0 spiro atoms. The first-order chi connectivity index (χ1) is 10.0. The topological polar surface area (TPSA) is 58.6 Å². The van der Waals surface area contributed by atoms with Crippen molar-refractivity contribution in [3.05, 3.63) is 29.3 Å². The Morgan fingerprint density at radius 1 is 1.33 bits per heavy atom. The van der Waals surface area contributed by atoms with Crippen molar-refractivity contribution in [3.63, 3.8) is 0 Å². The lowest BCUT2D eigenvalue weighted by molar-refractivity contribution is -0.144. The molecule has 1 aromatic rings. The van der Waals surface area contributed by atoms with E-state index in [0.29, 0.717) is 19.6 Å². The van der Waals surface area contributed by atoms with E-state index in [2.05, 4.69) is 17.4 Å². The summed E-state index contributed by atoms with van der Waals surface area (Å²) in [7, 11) is 0. The van der Waals surface area contributed by atoms with Crippen LogP contribution in [0.3, 0.4) is 0 Å². The molecule has 1 aromatic carbocycles. The molecule has 0 heterocycles. The molecule has 1 aliphatic rings. The summed E-state index contributed by atoms with van der Waals surface area (Å²) in [5, 5.41) is 12.3. The Morgan fingerprint density at radius 3 is 2.71 bits per heavy atom. The van der Waals surface area contributed by atoms with Gasteiger partial charge in [-0.1, -0.05) is 13.0 Å². The first-order valence-corrected chi connectivity index (χ1v) is 7.78. The molecule has 1 atom stereocenters. The zero-order valence-electron chi connectivity index (χ0n) is 12.9. The summed E-state index contributed by atoms with van der Waals surface area (Å²) in [5.41, 5.74) is 1.88. The summed E-state index contributed by atoms with van der Waals surface area (Å²) in [6.07, 6.45) is 5.23. The Balaban J connectivity index is 1.92. The van der Waals surface area contributed by atoms with Gasteiger partial charge >= 0.3 is 5.97 Å². The van der Waals surface area contributed by atoms with Crippen molar-refractivity contribution in [2.75, 3.05) is 13.2 Å². The fourth-order valence-corrected chi connectivity index (χ4v) is 2.83. The molecule has 0 saturated heterocycles. The van der Waals surface area contributed by atoms with E-state index in [-0.39, 0.29) is 0 Å². The van der Waals surface area contributed by atoms with Crippen molar-refractivity contribution in [3.8, 4) is 5.75 Å². The zero-order chi connectivity index (χ0) is 15.3. The van der Waals surface area contributed by atoms with E-state index in [1.807, 2.05) is 13.0 Å². The van der Waals surface area contributed by atoms with Gasteiger partial charge in [-0.05, 0) is 62.4 Å². The van der Waals surface area contributed by atoms with Gasteiger partial charge in [0.1, 0.15) is 11.3 Å². The third-order valence-electron chi connectivity index (χ3n) is 4.23. The largest absolute Gasteiger partial charge is 0.493 e. The summed E-state index contributed by atoms with van der Waals surface area (Å²) in [4.78, 5) is 11.3. The molecule has 2 rings (SSSR count). The van der Waals surface area contributed by atoms with Gasteiger partial charge in [0.2, 0.25) is 0 Å². The number of benzene rings is 1. The Labute approximate surface area is 126 Å². The van der Waals surface area contributed by atoms with E-state index in [9.17, 15) is 9.90 Å². The second-order valence-electron chi connectivity index (χ2n) is 5.90. The van der Waals surface area contributed by atoms with Gasteiger partial charge in [-0.3, -0.25) is 4.79 Å². The van der Waals surface area contributed by atoms with E-state index in [1.165, 1.54) is 24.0 Å². The quantitative estimate of drug-likeness (QED) is 0.811. The van der Waals surface area contributed by atoms with Crippen LogP contribution in [0.2, 0.25) is 0 Å². The van der Waals surface area contributed by atoms with Crippen LogP contribution in [0, 0.1) is 0 Å². The van der Waals surface area contributed by atoms with Crippen LogP contribution in [0.5, 0.6) is 5.75 Å². The summed E-state index contributed by atoms with van der Waals surface area (Å²) in [5.74, 6) is 0.0123. The monoisotopic (exact) mass is 291 g/mol. The van der Waals surface area contributed by atoms with E-state index in [0.717, 1.165) is 18.6 Å². The number of rotatable bonds is 7. The van der Waals surface area contributed by atoms with Crippen LogP contribution < -0.4 is 10.1 Å². The number of carbonyl (C=O) groups is 1. The molecule has 21 heavy (non-hydrogen) atoms. The lowest BCUT2D eigenvalue weighted by Crippen LogP contribution is -2.50. The fourth-order valence-electron chi connectivity index (χ4n) is 2.83. The highest BCUT2D eigenvalue weighted by Crippen LogP contribution is 2.25. The van der Waals surface area contributed by atoms with Gasteiger partial charge in [-0.15, -0.1) is 0 Å². The molecule has 1 unspecified atom stereocenters. The number of likely N-dealkylation sites (N-methyl/N-ethyl adjacent to an activating group) is 1. The van der Waals surface area contributed by atoms with Crippen molar-refractivity contribution >= 4 is 5.97 Å². The highest BCUT2D eigenvalue weighted by Gasteiger charge is 2.31. The average Bonchev–Trinajstić information content (AvgIpc) is 2.47. The fraction of sp³-hybridized carbons (Fsp3) is 0.588. The molecular formula is C17H25NO3. The predicted octanol–water partition coefficient (Wildman–Crippen LogP) is 2.79. The van der Waals surface area contributed by atoms with Crippen LogP contribution in [0.1, 0.15) is 44.2 Å². The summed E-state index contributed by atoms with van der Waals surface area (Å²) < 4.78 is 5.76. The summed E-state index contributed by atoms with van der Waals surface area (Å²) >= 11 is 0. The maximum Gasteiger partial charge on any atom is 0.323 e. The molecule has 0 amide bonds. The molecule has 116 valence electrons. The Kier molecular flexibility index (Phi) is 5.23. The third-order valence-corrected chi connectivity index (χ3v) is 4.23. The number of hydrogen-bond donors (Lipinski definition) is 2. The molecule has 0 fully saturated rings. The van der Waals surface area contributed by atoms with Crippen molar-refractivity contribution in [2.45, 2.75) is 51.5 Å². The first-order valence-electron chi connectivity index (χ1n) is 7.78. The van der Waals surface area contributed by atoms with Crippen LogP contribution >= 0.6 is 0 Å². The molecule has 0 aromatic heterocycles. The second kappa shape index (κ2) is 6.94. The van der Waals surface area contributed by atoms with Gasteiger partial charge in [0, 0.05) is 6.42 Å². The minimum atomic E-state index is -0.928. The molecule has 0 saturated carbocycles. The number of nitrogens with one attached hydrogen (secondary N) is 1. The molecule has 1 aliphatic carbocycles. The van der Waals surface area contributed by atoms with Gasteiger partial charge < -0.3 is 15.2 Å². The standard InChI is InChI=1S/C17H25NO3/c1-3-18-17(2,16(19)20)10-11-21-15-9-8-13-6-4-5-7-14(13)12-15/h8-9,12,18H,3-7,10-11H2,1-2H3,(H,19,20). The number of carboxylic acid groups (broad SMARTS) is 1. The number of hydrogen-bond acceptors (Lipinski definition) is 3. The number of aryl methyl sites for hydroxylation is 2. The second-order valence-corrected chi connectivity index (χ2v) is 5.90. The molecule has 4 heteroatoms. The smallest absolute Gasteiger partial charge is 0.323 e. The maximum absolute atomic E-state index is 11.3.